The van der Waals surface area contributed by atoms with Crippen molar-refractivity contribution < 1.29 is 14.7 Å². The number of carbonyl (C=O) groups is 2. The van der Waals surface area contributed by atoms with Gasteiger partial charge in [0.1, 0.15) is 6.54 Å². The molecule has 0 spiro atoms. The van der Waals surface area contributed by atoms with Crippen LogP contribution in [0.5, 0.6) is 0 Å². The molecule has 0 aromatic rings. The van der Waals surface area contributed by atoms with Crippen molar-refractivity contribution >= 4 is 11.9 Å². The zero-order valence-corrected chi connectivity index (χ0v) is 11.7. The van der Waals surface area contributed by atoms with Crippen LogP contribution in [0.25, 0.3) is 0 Å². The third kappa shape index (κ3) is 3.45. The van der Waals surface area contributed by atoms with Crippen LogP contribution in [0.1, 0.15) is 40.5 Å². The summed E-state index contributed by atoms with van der Waals surface area (Å²) < 4.78 is 0. The Morgan fingerprint density at radius 3 is 2.17 bits per heavy atom. The SMILES string of the molecule is CC1(C(=O)N(CC(=O)O)C(C)(C)C)CCNCC1. The molecule has 0 radical (unpaired) electrons. The highest BCUT2D eigenvalue weighted by Gasteiger charge is 2.41. The highest BCUT2D eigenvalue weighted by atomic mass is 16.4. The third-order valence-electron chi connectivity index (χ3n) is 3.57. The largest absolute Gasteiger partial charge is 0.480 e. The van der Waals surface area contributed by atoms with Gasteiger partial charge in [0.25, 0.3) is 0 Å². The van der Waals surface area contributed by atoms with E-state index in [0.717, 1.165) is 25.9 Å². The number of nitrogens with one attached hydrogen (secondary N) is 1. The van der Waals surface area contributed by atoms with E-state index in [1.807, 2.05) is 27.7 Å². The van der Waals surface area contributed by atoms with Crippen LogP contribution in [-0.4, -0.2) is 47.1 Å². The molecule has 1 aliphatic rings. The van der Waals surface area contributed by atoms with Gasteiger partial charge >= 0.3 is 5.97 Å². The van der Waals surface area contributed by atoms with Gasteiger partial charge in [-0.1, -0.05) is 6.92 Å². The van der Waals surface area contributed by atoms with Crippen molar-refractivity contribution in [3.63, 3.8) is 0 Å². The van der Waals surface area contributed by atoms with Crippen LogP contribution in [0.15, 0.2) is 0 Å². The minimum absolute atomic E-state index is 0.0427. The minimum atomic E-state index is -0.962. The zero-order valence-electron chi connectivity index (χ0n) is 11.7. The predicted octanol–water partition coefficient (Wildman–Crippen LogP) is 1.09. The summed E-state index contributed by atoms with van der Waals surface area (Å²) in [6.45, 7) is 8.96. The Morgan fingerprint density at radius 2 is 1.78 bits per heavy atom. The number of piperidine rings is 1. The number of carboxylic acid groups (broad SMARTS) is 1. The summed E-state index contributed by atoms with van der Waals surface area (Å²) in [5, 5.41) is 12.2. The van der Waals surface area contributed by atoms with Gasteiger partial charge in [-0.25, -0.2) is 0 Å². The standard InChI is InChI=1S/C13H24N2O3/c1-12(2,3)15(9-10(16)17)11(18)13(4)5-7-14-8-6-13/h14H,5-9H2,1-4H3,(H,16,17). The fourth-order valence-corrected chi connectivity index (χ4v) is 2.27. The molecule has 0 bridgehead atoms. The molecule has 1 rings (SSSR count). The Hall–Kier alpha value is -1.10. The number of rotatable bonds is 3. The lowest BCUT2D eigenvalue weighted by molar-refractivity contribution is -0.155. The van der Waals surface area contributed by atoms with Crippen molar-refractivity contribution in [3.05, 3.63) is 0 Å². The van der Waals surface area contributed by atoms with Crippen LogP contribution in [0.2, 0.25) is 0 Å². The van der Waals surface area contributed by atoms with Gasteiger partial charge < -0.3 is 15.3 Å². The summed E-state index contributed by atoms with van der Waals surface area (Å²) in [7, 11) is 0. The first-order valence-corrected chi connectivity index (χ1v) is 6.41. The number of amides is 1. The number of carboxylic acids is 1. The van der Waals surface area contributed by atoms with E-state index in [1.54, 1.807) is 0 Å². The molecule has 0 saturated carbocycles. The number of hydrogen-bond acceptors (Lipinski definition) is 3. The van der Waals surface area contributed by atoms with Crippen molar-refractivity contribution in [2.75, 3.05) is 19.6 Å². The van der Waals surface area contributed by atoms with E-state index in [1.165, 1.54) is 4.90 Å². The lowest BCUT2D eigenvalue weighted by Gasteiger charge is -2.42. The molecule has 0 unspecified atom stereocenters. The summed E-state index contributed by atoms with van der Waals surface area (Å²) in [5.74, 6) is -1.00. The van der Waals surface area contributed by atoms with Crippen LogP contribution < -0.4 is 5.32 Å². The Labute approximate surface area is 109 Å². The number of aliphatic carboxylic acids is 1. The molecule has 1 aliphatic heterocycles. The summed E-state index contributed by atoms with van der Waals surface area (Å²) >= 11 is 0. The molecule has 5 nitrogen and oxygen atoms in total. The van der Waals surface area contributed by atoms with E-state index in [9.17, 15) is 9.59 Å². The molecule has 1 fully saturated rings. The minimum Gasteiger partial charge on any atom is -0.480 e. The average Bonchev–Trinajstić information content (AvgIpc) is 2.24. The number of hydrogen-bond donors (Lipinski definition) is 2. The predicted molar refractivity (Wildman–Crippen MR) is 69.3 cm³/mol. The summed E-state index contributed by atoms with van der Waals surface area (Å²) in [6.07, 6.45) is 1.52. The third-order valence-corrected chi connectivity index (χ3v) is 3.57. The molecule has 1 amide bonds. The molecule has 1 heterocycles. The van der Waals surface area contributed by atoms with E-state index in [-0.39, 0.29) is 12.5 Å². The van der Waals surface area contributed by atoms with Crippen molar-refractivity contribution in [3.8, 4) is 0 Å². The molecule has 0 aromatic carbocycles. The van der Waals surface area contributed by atoms with Gasteiger partial charge in [-0.3, -0.25) is 9.59 Å². The molecular formula is C13H24N2O3. The van der Waals surface area contributed by atoms with Crippen LogP contribution in [0.3, 0.4) is 0 Å². The number of nitrogens with zero attached hydrogens (tertiary/aromatic N) is 1. The smallest absolute Gasteiger partial charge is 0.323 e. The average molecular weight is 256 g/mol. The summed E-state index contributed by atoms with van der Waals surface area (Å²) in [5.41, 5.74) is -0.905. The van der Waals surface area contributed by atoms with Crippen molar-refractivity contribution in [2.45, 2.75) is 46.1 Å². The van der Waals surface area contributed by atoms with Gasteiger partial charge in [0.15, 0.2) is 0 Å². The lowest BCUT2D eigenvalue weighted by Crippen LogP contribution is -2.55. The fourth-order valence-electron chi connectivity index (χ4n) is 2.27. The first-order valence-electron chi connectivity index (χ1n) is 6.41. The highest BCUT2D eigenvalue weighted by molar-refractivity contribution is 5.86. The van der Waals surface area contributed by atoms with E-state index in [2.05, 4.69) is 5.32 Å². The lowest BCUT2D eigenvalue weighted by atomic mass is 9.78. The second-order valence-electron chi connectivity index (χ2n) is 6.27. The van der Waals surface area contributed by atoms with E-state index in [0.29, 0.717) is 0 Å². The Balaban J connectivity index is 2.91. The quantitative estimate of drug-likeness (QED) is 0.793. The van der Waals surface area contributed by atoms with Crippen LogP contribution in [0.4, 0.5) is 0 Å². The van der Waals surface area contributed by atoms with E-state index >= 15 is 0 Å². The van der Waals surface area contributed by atoms with E-state index in [4.69, 9.17) is 5.11 Å². The normalized spacial score (nSPS) is 19.3. The molecule has 0 aromatic heterocycles. The van der Waals surface area contributed by atoms with Crippen molar-refractivity contribution in [1.29, 1.82) is 0 Å². The maximum atomic E-state index is 12.6. The summed E-state index contributed by atoms with van der Waals surface area (Å²) in [6, 6.07) is 0. The second kappa shape index (κ2) is 5.26. The van der Waals surface area contributed by atoms with Gasteiger partial charge in [0, 0.05) is 11.0 Å². The molecule has 104 valence electrons. The van der Waals surface area contributed by atoms with Gasteiger partial charge in [0.2, 0.25) is 5.91 Å². The van der Waals surface area contributed by atoms with Crippen LogP contribution in [-0.2, 0) is 9.59 Å². The summed E-state index contributed by atoms with van der Waals surface area (Å²) in [4.78, 5) is 25.1. The molecule has 0 atom stereocenters. The highest BCUT2D eigenvalue weighted by Crippen LogP contribution is 2.32. The molecule has 0 aliphatic carbocycles. The maximum absolute atomic E-state index is 12.6. The first-order chi connectivity index (χ1) is 8.17. The van der Waals surface area contributed by atoms with Crippen LogP contribution in [0, 0.1) is 5.41 Å². The Bertz CT molecular complexity index is 328. The molecule has 1 saturated heterocycles. The van der Waals surface area contributed by atoms with Crippen molar-refractivity contribution in [2.24, 2.45) is 5.41 Å². The van der Waals surface area contributed by atoms with Gasteiger partial charge in [-0.05, 0) is 46.7 Å². The second-order valence-corrected chi connectivity index (χ2v) is 6.27. The molecular weight excluding hydrogens is 232 g/mol. The van der Waals surface area contributed by atoms with Crippen LogP contribution >= 0.6 is 0 Å². The topological polar surface area (TPSA) is 69.6 Å². The molecule has 18 heavy (non-hydrogen) atoms. The van der Waals surface area contributed by atoms with Crippen molar-refractivity contribution in [1.82, 2.24) is 10.2 Å². The maximum Gasteiger partial charge on any atom is 0.323 e. The zero-order chi connectivity index (χ0) is 14.0. The van der Waals surface area contributed by atoms with Gasteiger partial charge in [0.05, 0.1) is 0 Å². The fraction of sp³-hybridized carbons (Fsp3) is 0.846. The molecule has 5 heteroatoms. The van der Waals surface area contributed by atoms with Gasteiger partial charge in [-0.2, -0.15) is 0 Å². The Kier molecular flexibility index (Phi) is 4.37. The monoisotopic (exact) mass is 256 g/mol. The number of carbonyl (C=O) groups excluding carboxylic acids is 1. The first kappa shape index (κ1) is 15.0. The van der Waals surface area contributed by atoms with E-state index < -0.39 is 16.9 Å². The Morgan fingerprint density at radius 1 is 1.28 bits per heavy atom. The van der Waals surface area contributed by atoms with Gasteiger partial charge in [-0.15, -0.1) is 0 Å². The molecule has 2 N–H and O–H groups in total.